The number of carbonyl (C=O) groups is 2. The van der Waals surface area contributed by atoms with Gasteiger partial charge in [0.15, 0.2) is 0 Å². The van der Waals surface area contributed by atoms with Crippen LogP contribution in [0.5, 0.6) is 0 Å². The molecular weight excluding hydrogens is 206 g/mol. The first-order valence-electron chi connectivity index (χ1n) is 5.76. The van der Waals surface area contributed by atoms with Gasteiger partial charge in [-0.25, -0.2) is 0 Å². The van der Waals surface area contributed by atoms with Crippen LogP contribution in [0, 0.1) is 0 Å². The van der Waals surface area contributed by atoms with Crippen LogP contribution in [0.3, 0.4) is 0 Å². The maximum absolute atomic E-state index is 11.7. The molecule has 0 fully saturated rings. The molecule has 0 saturated carbocycles. The van der Waals surface area contributed by atoms with Crippen LogP contribution in [0.2, 0.25) is 0 Å². The van der Waals surface area contributed by atoms with Crippen molar-refractivity contribution in [2.24, 2.45) is 11.5 Å². The summed E-state index contributed by atoms with van der Waals surface area (Å²) in [5.74, 6) is -0.859. The van der Waals surface area contributed by atoms with Crippen LogP contribution in [0.4, 0.5) is 0 Å². The number of hydrogen-bond donors (Lipinski definition) is 3. The van der Waals surface area contributed by atoms with Crippen LogP contribution in [-0.2, 0) is 9.59 Å². The zero-order chi connectivity index (χ0) is 12.8. The molecule has 1 unspecified atom stereocenters. The van der Waals surface area contributed by atoms with Crippen LogP contribution < -0.4 is 16.8 Å². The van der Waals surface area contributed by atoms with E-state index in [9.17, 15) is 9.59 Å². The van der Waals surface area contributed by atoms with Crippen LogP contribution in [0.15, 0.2) is 0 Å². The monoisotopic (exact) mass is 229 g/mol. The maximum Gasteiger partial charge on any atom is 0.237 e. The molecule has 0 aromatic heterocycles. The Morgan fingerprint density at radius 1 is 1.19 bits per heavy atom. The normalized spacial score (nSPS) is 13.2. The van der Waals surface area contributed by atoms with E-state index in [4.69, 9.17) is 11.5 Å². The van der Waals surface area contributed by atoms with E-state index >= 15 is 0 Å². The van der Waals surface area contributed by atoms with Gasteiger partial charge < -0.3 is 16.8 Å². The lowest BCUT2D eigenvalue weighted by atomic mass is 9.89. The van der Waals surface area contributed by atoms with Crippen LogP contribution in [-0.4, -0.2) is 23.4 Å². The Labute approximate surface area is 96.9 Å². The Balaban J connectivity index is 4.45. The highest BCUT2D eigenvalue weighted by Gasteiger charge is 2.28. The summed E-state index contributed by atoms with van der Waals surface area (Å²) in [6.07, 6.45) is 2.41. The Morgan fingerprint density at radius 3 is 1.94 bits per heavy atom. The zero-order valence-corrected chi connectivity index (χ0v) is 10.4. The molecule has 0 aromatic rings. The summed E-state index contributed by atoms with van der Waals surface area (Å²) in [7, 11) is 0. The SMILES string of the molecule is CCC(CC)(CC)NC(=O)C(N)CC(N)=O. The van der Waals surface area contributed by atoms with Crippen molar-refractivity contribution >= 4 is 11.8 Å². The Hall–Kier alpha value is -1.10. The van der Waals surface area contributed by atoms with Crippen LogP contribution in [0.1, 0.15) is 46.5 Å². The molecular formula is C11H23N3O2. The van der Waals surface area contributed by atoms with Gasteiger partial charge in [0, 0.05) is 5.54 Å². The van der Waals surface area contributed by atoms with E-state index in [1.165, 1.54) is 0 Å². The molecule has 5 heteroatoms. The number of carbonyl (C=O) groups excluding carboxylic acids is 2. The lowest BCUT2D eigenvalue weighted by Gasteiger charge is -2.32. The highest BCUT2D eigenvalue weighted by molar-refractivity contribution is 5.87. The zero-order valence-electron chi connectivity index (χ0n) is 10.4. The standard InChI is InChI=1S/C11H23N3O2/c1-4-11(5-2,6-3)14-10(16)8(12)7-9(13)15/h8H,4-7,12H2,1-3H3,(H2,13,15)(H,14,16). The van der Waals surface area contributed by atoms with Crippen molar-refractivity contribution in [2.75, 3.05) is 0 Å². The Kier molecular flexibility index (Phi) is 6.03. The van der Waals surface area contributed by atoms with Gasteiger partial charge in [0.25, 0.3) is 0 Å². The van der Waals surface area contributed by atoms with Crippen molar-refractivity contribution in [3.63, 3.8) is 0 Å². The number of hydrogen-bond acceptors (Lipinski definition) is 3. The van der Waals surface area contributed by atoms with E-state index in [0.717, 1.165) is 19.3 Å². The summed E-state index contributed by atoms with van der Waals surface area (Å²) in [5.41, 5.74) is 10.4. The van der Waals surface area contributed by atoms with Gasteiger partial charge in [-0.3, -0.25) is 9.59 Å². The molecule has 5 N–H and O–H groups in total. The molecule has 0 aliphatic carbocycles. The van der Waals surface area contributed by atoms with Crippen LogP contribution in [0.25, 0.3) is 0 Å². The van der Waals surface area contributed by atoms with Crippen LogP contribution >= 0.6 is 0 Å². The smallest absolute Gasteiger partial charge is 0.237 e. The summed E-state index contributed by atoms with van der Waals surface area (Å²) in [4.78, 5) is 22.4. The molecule has 1 atom stereocenters. The number of primary amides is 1. The van der Waals surface area contributed by atoms with E-state index in [1.807, 2.05) is 20.8 Å². The Bertz CT molecular complexity index is 241. The van der Waals surface area contributed by atoms with Crippen molar-refractivity contribution in [3.8, 4) is 0 Å². The van der Waals surface area contributed by atoms with Gasteiger partial charge >= 0.3 is 0 Å². The summed E-state index contributed by atoms with van der Waals surface area (Å²) in [6, 6.07) is -0.846. The maximum atomic E-state index is 11.7. The molecule has 0 rings (SSSR count). The first-order chi connectivity index (χ1) is 7.40. The molecule has 0 radical (unpaired) electrons. The topological polar surface area (TPSA) is 98.2 Å². The highest BCUT2D eigenvalue weighted by atomic mass is 16.2. The van der Waals surface area contributed by atoms with E-state index < -0.39 is 11.9 Å². The predicted octanol–water partition coefficient (Wildman–Crippen LogP) is 0.274. The molecule has 0 aliphatic rings. The lowest BCUT2D eigenvalue weighted by Crippen LogP contribution is -2.53. The minimum Gasteiger partial charge on any atom is -0.370 e. The van der Waals surface area contributed by atoms with Crippen molar-refractivity contribution in [2.45, 2.75) is 58.0 Å². The average Bonchev–Trinajstić information content (AvgIpc) is 2.25. The van der Waals surface area contributed by atoms with Gasteiger partial charge in [-0.15, -0.1) is 0 Å². The summed E-state index contributed by atoms with van der Waals surface area (Å²) >= 11 is 0. The summed E-state index contributed by atoms with van der Waals surface area (Å²) < 4.78 is 0. The number of nitrogens with one attached hydrogen (secondary N) is 1. The first-order valence-corrected chi connectivity index (χ1v) is 5.76. The number of nitrogens with two attached hydrogens (primary N) is 2. The second kappa shape index (κ2) is 6.48. The minimum absolute atomic E-state index is 0.112. The molecule has 0 bridgehead atoms. The fourth-order valence-corrected chi connectivity index (χ4v) is 1.68. The average molecular weight is 229 g/mol. The second-order valence-corrected chi connectivity index (χ2v) is 4.11. The van der Waals surface area contributed by atoms with Crippen molar-refractivity contribution in [3.05, 3.63) is 0 Å². The van der Waals surface area contributed by atoms with Gasteiger partial charge in [0.1, 0.15) is 0 Å². The van der Waals surface area contributed by atoms with E-state index in [2.05, 4.69) is 5.32 Å². The molecule has 16 heavy (non-hydrogen) atoms. The molecule has 94 valence electrons. The fourth-order valence-electron chi connectivity index (χ4n) is 1.68. The third-order valence-electron chi connectivity index (χ3n) is 3.18. The molecule has 0 spiro atoms. The molecule has 0 aliphatic heterocycles. The van der Waals surface area contributed by atoms with Gasteiger partial charge in [0.2, 0.25) is 11.8 Å². The van der Waals surface area contributed by atoms with Gasteiger partial charge in [-0.2, -0.15) is 0 Å². The Morgan fingerprint density at radius 2 is 1.62 bits per heavy atom. The molecule has 0 aromatic carbocycles. The van der Waals surface area contributed by atoms with Gasteiger partial charge in [0.05, 0.1) is 12.5 Å². The summed E-state index contributed by atoms with van der Waals surface area (Å²) in [6.45, 7) is 6.06. The molecule has 0 saturated heterocycles. The third kappa shape index (κ3) is 4.18. The highest BCUT2D eigenvalue weighted by Crippen LogP contribution is 2.19. The van der Waals surface area contributed by atoms with E-state index in [0.29, 0.717) is 0 Å². The van der Waals surface area contributed by atoms with Crippen molar-refractivity contribution in [1.29, 1.82) is 0 Å². The number of amides is 2. The molecule has 5 nitrogen and oxygen atoms in total. The van der Waals surface area contributed by atoms with Gasteiger partial charge in [-0.1, -0.05) is 20.8 Å². The lowest BCUT2D eigenvalue weighted by molar-refractivity contribution is -0.127. The van der Waals surface area contributed by atoms with Crippen molar-refractivity contribution in [1.82, 2.24) is 5.32 Å². The predicted molar refractivity (Wildman–Crippen MR) is 63.5 cm³/mol. The number of rotatable bonds is 7. The fraction of sp³-hybridized carbons (Fsp3) is 0.818. The quantitative estimate of drug-likeness (QED) is 0.584. The van der Waals surface area contributed by atoms with E-state index in [-0.39, 0.29) is 17.9 Å². The minimum atomic E-state index is -0.846. The second-order valence-electron chi connectivity index (χ2n) is 4.11. The first kappa shape index (κ1) is 14.9. The summed E-state index contributed by atoms with van der Waals surface area (Å²) in [5, 5.41) is 2.91. The molecule has 2 amide bonds. The third-order valence-corrected chi connectivity index (χ3v) is 3.18. The van der Waals surface area contributed by atoms with E-state index in [1.54, 1.807) is 0 Å². The van der Waals surface area contributed by atoms with Gasteiger partial charge in [-0.05, 0) is 19.3 Å². The largest absolute Gasteiger partial charge is 0.370 e. The molecule has 0 heterocycles. The van der Waals surface area contributed by atoms with Crippen molar-refractivity contribution < 1.29 is 9.59 Å².